The molecule has 0 atom stereocenters. The van der Waals surface area contributed by atoms with E-state index in [4.69, 9.17) is 9.15 Å². The number of nitrogens with zero attached hydrogens (tertiary/aromatic N) is 3. The van der Waals surface area contributed by atoms with Crippen LogP contribution in [-0.4, -0.2) is 53.0 Å². The lowest BCUT2D eigenvalue weighted by Gasteiger charge is -2.31. The van der Waals surface area contributed by atoms with Gasteiger partial charge < -0.3 is 14.1 Å². The predicted molar refractivity (Wildman–Crippen MR) is 106 cm³/mol. The number of rotatable bonds is 5. The number of aromatic nitrogens is 1. The van der Waals surface area contributed by atoms with E-state index in [0.717, 1.165) is 49.9 Å². The first-order valence-electron chi connectivity index (χ1n) is 10.3. The summed E-state index contributed by atoms with van der Waals surface area (Å²) in [4.78, 5) is 21.1. The van der Waals surface area contributed by atoms with E-state index >= 15 is 0 Å². The molecular weight excluding hydrogens is 354 g/mol. The van der Waals surface area contributed by atoms with E-state index in [0.29, 0.717) is 18.8 Å². The van der Waals surface area contributed by atoms with Gasteiger partial charge in [-0.2, -0.15) is 0 Å². The van der Waals surface area contributed by atoms with Crippen LogP contribution in [0.5, 0.6) is 5.75 Å². The SMILES string of the molecule is CC1CCN(Cc2ccc(C(=O)N3CCC(Oc4cccnc4)CC3)o2)CC1. The van der Waals surface area contributed by atoms with Gasteiger partial charge in [-0.25, -0.2) is 0 Å². The zero-order valence-electron chi connectivity index (χ0n) is 16.5. The van der Waals surface area contributed by atoms with Crippen molar-refractivity contribution in [3.8, 4) is 5.75 Å². The van der Waals surface area contributed by atoms with Crippen molar-refractivity contribution in [2.75, 3.05) is 26.2 Å². The Kier molecular flexibility index (Phi) is 5.95. The minimum Gasteiger partial charge on any atom is -0.489 e. The third kappa shape index (κ3) is 4.73. The van der Waals surface area contributed by atoms with Crippen molar-refractivity contribution in [1.29, 1.82) is 0 Å². The summed E-state index contributed by atoms with van der Waals surface area (Å²) in [5.41, 5.74) is 0. The maximum Gasteiger partial charge on any atom is 0.289 e. The summed E-state index contributed by atoms with van der Waals surface area (Å²) >= 11 is 0. The van der Waals surface area contributed by atoms with Crippen LogP contribution in [0.15, 0.2) is 41.1 Å². The number of carbonyl (C=O) groups is 1. The minimum atomic E-state index is -0.0154. The molecule has 0 N–H and O–H groups in total. The number of ether oxygens (including phenoxy) is 1. The fourth-order valence-electron chi connectivity index (χ4n) is 3.96. The Bertz CT molecular complexity index is 760. The van der Waals surface area contributed by atoms with E-state index in [1.165, 1.54) is 12.8 Å². The second-order valence-electron chi connectivity index (χ2n) is 8.02. The number of furan rings is 1. The molecule has 6 nitrogen and oxygen atoms in total. The molecule has 2 aliphatic rings. The van der Waals surface area contributed by atoms with E-state index in [2.05, 4.69) is 16.8 Å². The summed E-state index contributed by atoms with van der Waals surface area (Å²) in [5.74, 6) is 2.92. The molecule has 2 fully saturated rings. The molecule has 2 saturated heterocycles. The van der Waals surface area contributed by atoms with Crippen LogP contribution in [0, 0.1) is 5.92 Å². The lowest BCUT2D eigenvalue weighted by molar-refractivity contribution is 0.0562. The maximum absolute atomic E-state index is 12.8. The first kappa shape index (κ1) is 19.0. The van der Waals surface area contributed by atoms with Gasteiger partial charge in [0.05, 0.1) is 12.7 Å². The van der Waals surface area contributed by atoms with Crippen LogP contribution in [0.2, 0.25) is 0 Å². The molecule has 150 valence electrons. The maximum atomic E-state index is 12.8. The smallest absolute Gasteiger partial charge is 0.289 e. The van der Waals surface area contributed by atoms with Crippen molar-refractivity contribution < 1.29 is 13.9 Å². The molecule has 0 bridgehead atoms. The monoisotopic (exact) mass is 383 g/mol. The van der Waals surface area contributed by atoms with Gasteiger partial charge in [0.1, 0.15) is 17.6 Å². The molecule has 0 aliphatic carbocycles. The number of likely N-dealkylation sites (tertiary alicyclic amines) is 2. The van der Waals surface area contributed by atoms with Crippen LogP contribution in [0.4, 0.5) is 0 Å². The Morgan fingerprint density at radius 2 is 1.93 bits per heavy atom. The Morgan fingerprint density at radius 1 is 1.14 bits per heavy atom. The summed E-state index contributed by atoms with van der Waals surface area (Å²) < 4.78 is 11.8. The average molecular weight is 383 g/mol. The number of carbonyl (C=O) groups excluding carboxylic acids is 1. The molecule has 4 rings (SSSR count). The van der Waals surface area contributed by atoms with Crippen molar-refractivity contribution in [3.63, 3.8) is 0 Å². The van der Waals surface area contributed by atoms with Gasteiger partial charge in [0.25, 0.3) is 5.91 Å². The van der Waals surface area contributed by atoms with Gasteiger partial charge in [-0.05, 0) is 56.1 Å². The summed E-state index contributed by atoms with van der Waals surface area (Å²) in [6.07, 6.45) is 7.70. The van der Waals surface area contributed by atoms with Gasteiger partial charge in [-0.15, -0.1) is 0 Å². The van der Waals surface area contributed by atoms with E-state index < -0.39 is 0 Å². The topological polar surface area (TPSA) is 58.8 Å². The third-order valence-corrected chi connectivity index (χ3v) is 5.79. The third-order valence-electron chi connectivity index (χ3n) is 5.79. The highest BCUT2D eigenvalue weighted by molar-refractivity contribution is 5.91. The zero-order valence-corrected chi connectivity index (χ0v) is 16.5. The summed E-state index contributed by atoms with van der Waals surface area (Å²) in [7, 11) is 0. The van der Waals surface area contributed by atoms with Crippen LogP contribution in [0.3, 0.4) is 0 Å². The number of piperidine rings is 2. The molecule has 0 unspecified atom stereocenters. The lowest BCUT2D eigenvalue weighted by Crippen LogP contribution is -2.41. The van der Waals surface area contributed by atoms with Crippen LogP contribution < -0.4 is 4.74 Å². The summed E-state index contributed by atoms with van der Waals surface area (Å²) in [6.45, 7) is 6.69. The summed E-state index contributed by atoms with van der Waals surface area (Å²) in [5, 5.41) is 0. The van der Waals surface area contributed by atoms with Crippen LogP contribution in [0.1, 0.15) is 48.9 Å². The first-order chi connectivity index (χ1) is 13.7. The van der Waals surface area contributed by atoms with E-state index in [1.807, 2.05) is 29.2 Å². The highest BCUT2D eigenvalue weighted by Crippen LogP contribution is 2.22. The fraction of sp³-hybridized carbons (Fsp3) is 0.545. The quantitative estimate of drug-likeness (QED) is 0.790. The van der Waals surface area contributed by atoms with Gasteiger partial charge in [0.2, 0.25) is 0 Å². The normalized spacial score (nSPS) is 19.7. The molecule has 1 amide bonds. The molecule has 4 heterocycles. The fourth-order valence-corrected chi connectivity index (χ4v) is 3.96. The number of hydrogen-bond acceptors (Lipinski definition) is 5. The predicted octanol–water partition coefficient (Wildman–Crippen LogP) is 3.59. The molecule has 0 radical (unpaired) electrons. The minimum absolute atomic E-state index is 0.0154. The van der Waals surface area contributed by atoms with Crippen LogP contribution in [0.25, 0.3) is 0 Å². The van der Waals surface area contributed by atoms with Crippen molar-refractivity contribution in [2.24, 2.45) is 5.92 Å². The Hall–Kier alpha value is -2.34. The van der Waals surface area contributed by atoms with Crippen molar-refractivity contribution in [1.82, 2.24) is 14.8 Å². The largest absolute Gasteiger partial charge is 0.489 e. The van der Waals surface area contributed by atoms with Crippen LogP contribution in [-0.2, 0) is 6.54 Å². The average Bonchev–Trinajstić information content (AvgIpc) is 3.19. The number of hydrogen-bond donors (Lipinski definition) is 0. The van der Waals surface area contributed by atoms with Crippen molar-refractivity contribution in [3.05, 3.63) is 48.2 Å². The molecule has 0 aromatic carbocycles. The molecule has 2 aromatic heterocycles. The summed E-state index contributed by atoms with van der Waals surface area (Å²) in [6, 6.07) is 7.55. The molecule has 2 aliphatic heterocycles. The van der Waals surface area contributed by atoms with Crippen LogP contribution >= 0.6 is 0 Å². The lowest BCUT2D eigenvalue weighted by atomic mass is 9.99. The van der Waals surface area contributed by atoms with E-state index in [9.17, 15) is 4.79 Å². The molecule has 28 heavy (non-hydrogen) atoms. The van der Waals surface area contributed by atoms with E-state index in [-0.39, 0.29) is 12.0 Å². The highest BCUT2D eigenvalue weighted by atomic mass is 16.5. The number of pyridine rings is 1. The molecule has 2 aromatic rings. The standard InChI is InChI=1S/C22H29N3O3/c1-17-6-11-24(12-7-17)16-20-4-5-21(28-20)22(26)25-13-8-18(9-14-25)27-19-3-2-10-23-15-19/h2-5,10,15,17-18H,6-9,11-14,16H2,1H3. The Morgan fingerprint density at radius 3 is 2.64 bits per heavy atom. The van der Waals surface area contributed by atoms with Gasteiger partial charge in [-0.3, -0.25) is 14.7 Å². The zero-order chi connectivity index (χ0) is 19.3. The Balaban J connectivity index is 1.26. The first-order valence-corrected chi connectivity index (χ1v) is 10.3. The number of amides is 1. The molecule has 6 heteroatoms. The van der Waals surface area contributed by atoms with Gasteiger partial charge >= 0.3 is 0 Å². The molecule has 0 saturated carbocycles. The van der Waals surface area contributed by atoms with Gasteiger partial charge in [0.15, 0.2) is 5.76 Å². The van der Waals surface area contributed by atoms with Crippen molar-refractivity contribution in [2.45, 2.75) is 45.3 Å². The molecule has 0 spiro atoms. The van der Waals surface area contributed by atoms with Gasteiger partial charge in [-0.1, -0.05) is 6.92 Å². The highest BCUT2D eigenvalue weighted by Gasteiger charge is 2.27. The van der Waals surface area contributed by atoms with Crippen molar-refractivity contribution >= 4 is 5.91 Å². The molecular formula is C22H29N3O3. The second kappa shape index (κ2) is 8.78. The second-order valence-corrected chi connectivity index (χ2v) is 8.02. The Labute approximate surface area is 166 Å². The van der Waals surface area contributed by atoms with Gasteiger partial charge in [0, 0.05) is 32.1 Å². The van der Waals surface area contributed by atoms with E-state index in [1.54, 1.807) is 12.4 Å².